The van der Waals surface area contributed by atoms with Gasteiger partial charge in [-0.15, -0.1) is 0 Å². The molecule has 2 heterocycles. The second kappa shape index (κ2) is 6.02. The van der Waals surface area contributed by atoms with Crippen LogP contribution in [0.3, 0.4) is 0 Å². The van der Waals surface area contributed by atoms with Gasteiger partial charge in [-0.05, 0) is 37.1 Å². The lowest BCUT2D eigenvalue weighted by Gasteiger charge is -2.34. The maximum Gasteiger partial charge on any atom is 0.141 e. The third kappa shape index (κ3) is 2.93. The average molecular weight is 285 g/mol. The Morgan fingerprint density at radius 3 is 3.10 bits per heavy atom. The fraction of sp³-hybridized carbons (Fsp3) is 0.400. The number of aromatic amines is 1. The lowest BCUT2D eigenvalue weighted by atomic mass is 10.00. The van der Waals surface area contributed by atoms with Crippen LogP contribution in [0.15, 0.2) is 24.5 Å². The Bertz CT molecular complexity index is 647. The summed E-state index contributed by atoms with van der Waals surface area (Å²) in [5.41, 5.74) is 1.04. The molecule has 21 heavy (non-hydrogen) atoms. The summed E-state index contributed by atoms with van der Waals surface area (Å²) < 4.78 is 13.4. The molecule has 1 aliphatic heterocycles. The molecule has 0 spiro atoms. The van der Waals surface area contributed by atoms with Crippen LogP contribution in [-0.4, -0.2) is 26.6 Å². The second-order valence-electron chi connectivity index (χ2n) is 5.28. The number of aromatic nitrogens is 3. The van der Waals surface area contributed by atoms with Gasteiger partial charge in [0.25, 0.3) is 0 Å². The van der Waals surface area contributed by atoms with Crippen LogP contribution >= 0.6 is 0 Å². The van der Waals surface area contributed by atoms with Gasteiger partial charge in [0.05, 0.1) is 11.6 Å². The lowest BCUT2D eigenvalue weighted by molar-refractivity contribution is 0.134. The molecular weight excluding hydrogens is 269 g/mol. The first-order valence-corrected chi connectivity index (χ1v) is 7.06. The van der Waals surface area contributed by atoms with Crippen molar-refractivity contribution < 1.29 is 4.39 Å². The van der Waals surface area contributed by atoms with E-state index in [9.17, 15) is 4.39 Å². The number of rotatable bonds is 3. The molecule has 0 unspecified atom stereocenters. The molecule has 1 saturated heterocycles. The molecule has 2 aromatic rings. The minimum Gasteiger partial charge on any atom is -0.289 e. The first-order chi connectivity index (χ1) is 10.3. The van der Waals surface area contributed by atoms with E-state index < -0.39 is 5.82 Å². The standard InChI is InChI=1S/C15H16FN5/c16-13-5-4-11(7-12(13)8-17)9-21-6-2-1-3-14(21)15-18-10-19-20-15/h4-5,7,10,14H,1-3,6,9H2,(H,18,19,20)/t14-/m1/s1. The number of nitrogens with zero attached hydrogens (tertiary/aromatic N) is 4. The molecule has 0 radical (unpaired) electrons. The monoisotopic (exact) mass is 285 g/mol. The minimum atomic E-state index is -0.466. The van der Waals surface area contributed by atoms with Crippen molar-refractivity contribution in [2.24, 2.45) is 0 Å². The lowest BCUT2D eigenvalue weighted by Crippen LogP contribution is -2.33. The van der Waals surface area contributed by atoms with E-state index in [-0.39, 0.29) is 11.6 Å². The van der Waals surface area contributed by atoms with Gasteiger partial charge in [0, 0.05) is 6.54 Å². The molecule has 0 bridgehead atoms. The molecule has 0 amide bonds. The molecule has 0 aliphatic carbocycles. The number of benzene rings is 1. The molecule has 6 heteroatoms. The van der Waals surface area contributed by atoms with Crippen LogP contribution in [0.2, 0.25) is 0 Å². The molecule has 1 N–H and O–H groups in total. The number of nitrogens with one attached hydrogen (secondary N) is 1. The minimum absolute atomic E-state index is 0.0979. The first kappa shape index (κ1) is 13.7. The third-order valence-corrected chi connectivity index (χ3v) is 3.90. The number of hydrogen-bond donors (Lipinski definition) is 1. The zero-order chi connectivity index (χ0) is 14.7. The normalized spacial score (nSPS) is 19.3. The second-order valence-corrected chi connectivity index (χ2v) is 5.28. The van der Waals surface area contributed by atoms with Crippen LogP contribution < -0.4 is 0 Å². The highest BCUT2D eigenvalue weighted by Crippen LogP contribution is 2.30. The van der Waals surface area contributed by atoms with E-state index in [1.807, 2.05) is 6.07 Å². The quantitative estimate of drug-likeness (QED) is 0.941. The van der Waals surface area contributed by atoms with Crippen molar-refractivity contribution in [3.8, 4) is 6.07 Å². The van der Waals surface area contributed by atoms with Crippen LogP contribution in [0.25, 0.3) is 0 Å². The first-order valence-electron chi connectivity index (χ1n) is 7.06. The molecule has 1 aliphatic rings. The maximum absolute atomic E-state index is 13.4. The van der Waals surface area contributed by atoms with E-state index in [1.54, 1.807) is 12.1 Å². The van der Waals surface area contributed by atoms with Crippen molar-refractivity contribution in [3.63, 3.8) is 0 Å². The summed E-state index contributed by atoms with van der Waals surface area (Å²) in [5.74, 6) is 0.406. The van der Waals surface area contributed by atoms with Crippen molar-refractivity contribution in [1.82, 2.24) is 20.1 Å². The van der Waals surface area contributed by atoms with E-state index in [2.05, 4.69) is 20.1 Å². The Labute approximate surface area is 122 Å². The molecule has 1 aromatic heterocycles. The zero-order valence-electron chi connectivity index (χ0n) is 11.6. The molecule has 5 nitrogen and oxygen atoms in total. The van der Waals surface area contributed by atoms with Crippen molar-refractivity contribution in [1.29, 1.82) is 5.26 Å². The number of hydrogen-bond acceptors (Lipinski definition) is 4. The Morgan fingerprint density at radius 1 is 1.43 bits per heavy atom. The van der Waals surface area contributed by atoms with Crippen molar-refractivity contribution in [3.05, 3.63) is 47.3 Å². The van der Waals surface area contributed by atoms with E-state index >= 15 is 0 Å². The molecule has 1 aromatic carbocycles. The Balaban J connectivity index is 1.80. The number of likely N-dealkylation sites (tertiary alicyclic amines) is 1. The summed E-state index contributed by atoms with van der Waals surface area (Å²) in [6.45, 7) is 1.64. The molecule has 1 fully saturated rings. The highest BCUT2D eigenvalue weighted by molar-refractivity contribution is 5.34. The number of halogens is 1. The average Bonchev–Trinajstić information content (AvgIpc) is 3.04. The van der Waals surface area contributed by atoms with Gasteiger partial charge >= 0.3 is 0 Å². The molecular formula is C15H16FN5. The predicted molar refractivity (Wildman–Crippen MR) is 74.5 cm³/mol. The van der Waals surface area contributed by atoms with Gasteiger partial charge in [-0.2, -0.15) is 10.4 Å². The van der Waals surface area contributed by atoms with Gasteiger partial charge in [0.2, 0.25) is 0 Å². The smallest absolute Gasteiger partial charge is 0.141 e. The SMILES string of the molecule is N#Cc1cc(CN2CCCC[C@@H]2c2ncn[nH]2)ccc1F. The number of piperidine rings is 1. The van der Waals surface area contributed by atoms with Crippen LogP contribution in [0.1, 0.15) is 42.3 Å². The summed E-state index contributed by atoms with van der Waals surface area (Å²) in [7, 11) is 0. The van der Waals surface area contributed by atoms with Crippen LogP contribution in [-0.2, 0) is 6.54 Å². The fourth-order valence-corrected chi connectivity index (χ4v) is 2.86. The summed E-state index contributed by atoms with van der Waals surface area (Å²) >= 11 is 0. The van der Waals surface area contributed by atoms with Gasteiger partial charge in [0.1, 0.15) is 24.0 Å². The van der Waals surface area contributed by atoms with Gasteiger partial charge in [-0.3, -0.25) is 10.00 Å². The summed E-state index contributed by atoms with van der Waals surface area (Å²) in [4.78, 5) is 6.56. The van der Waals surface area contributed by atoms with E-state index in [0.717, 1.165) is 37.2 Å². The molecule has 0 saturated carbocycles. The van der Waals surface area contributed by atoms with Crippen LogP contribution in [0.5, 0.6) is 0 Å². The predicted octanol–water partition coefficient (Wildman–Crippen LogP) is 2.54. The van der Waals surface area contributed by atoms with E-state index in [4.69, 9.17) is 5.26 Å². The molecule has 3 rings (SSSR count). The van der Waals surface area contributed by atoms with Gasteiger partial charge in [0.15, 0.2) is 0 Å². The summed E-state index contributed by atoms with van der Waals surface area (Å²) in [6.07, 6.45) is 4.85. The largest absolute Gasteiger partial charge is 0.289 e. The Morgan fingerprint density at radius 2 is 2.33 bits per heavy atom. The highest BCUT2D eigenvalue weighted by Gasteiger charge is 2.26. The topological polar surface area (TPSA) is 68.6 Å². The van der Waals surface area contributed by atoms with E-state index in [0.29, 0.717) is 6.54 Å². The maximum atomic E-state index is 13.4. The van der Waals surface area contributed by atoms with Crippen molar-refractivity contribution >= 4 is 0 Å². The Hall–Kier alpha value is -2.26. The van der Waals surface area contributed by atoms with Gasteiger partial charge in [-0.1, -0.05) is 12.5 Å². The number of H-pyrrole nitrogens is 1. The Kier molecular flexibility index (Phi) is 3.93. The van der Waals surface area contributed by atoms with Crippen molar-refractivity contribution in [2.45, 2.75) is 31.8 Å². The van der Waals surface area contributed by atoms with Crippen LogP contribution in [0, 0.1) is 17.1 Å². The summed E-state index contributed by atoms with van der Waals surface area (Å²) in [5, 5.41) is 15.8. The van der Waals surface area contributed by atoms with Gasteiger partial charge < -0.3 is 0 Å². The van der Waals surface area contributed by atoms with E-state index in [1.165, 1.54) is 12.4 Å². The summed E-state index contributed by atoms with van der Waals surface area (Å²) in [6, 6.07) is 6.82. The molecule has 1 atom stereocenters. The van der Waals surface area contributed by atoms with Crippen LogP contribution in [0.4, 0.5) is 4.39 Å². The third-order valence-electron chi connectivity index (χ3n) is 3.90. The zero-order valence-corrected chi connectivity index (χ0v) is 11.6. The number of nitriles is 1. The highest BCUT2D eigenvalue weighted by atomic mass is 19.1. The van der Waals surface area contributed by atoms with Crippen molar-refractivity contribution in [2.75, 3.05) is 6.54 Å². The fourth-order valence-electron chi connectivity index (χ4n) is 2.86. The van der Waals surface area contributed by atoms with Gasteiger partial charge in [-0.25, -0.2) is 9.37 Å². The molecule has 108 valence electrons.